The molecular weight excluding hydrogens is 340 g/mol. The summed E-state index contributed by atoms with van der Waals surface area (Å²) in [5.41, 5.74) is 1.96. The van der Waals surface area contributed by atoms with Gasteiger partial charge in [-0.1, -0.05) is 41.5 Å². The summed E-state index contributed by atoms with van der Waals surface area (Å²) in [4.78, 5) is 21.4. The number of ether oxygens (including phenoxy) is 1. The van der Waals surface area contributed by atoms with E-state index >= 15 is 0 Å². The van der Waals surface area contributed by atoms with Gasteiger partial charge < -0.3 is 4.74 Å². The summed E-state index contributed by atoms with van der Waals surface area (Å²) in [6.07, 6.45) is 2.64. The fourth-order valence-electron chi connectivity index (χ4n) is 4.58. The molecule has 0 aromatic carbocycles. The normalized spacial score (nSPS) is 25.7. The molecule has 1 aliphatic carbocycles. The number of carbonyl (C=O) groups is 1. The highest BCUT2D eigenvalue weighted by molar-refractivity contribution is 6.03. The Balaban J connectivity index is 2.02. The molecule has 27 heavy (non-hydrogen) atoms. The van der Waals surface area contributed by atoms with Crippen LogP contribution in [0.2, 0.25) is 0 Å². The summed E-state index contributed by atoms with van der Waals surface area (Å²) >= 11 is 0. The van der Waals surface area contributed by atoms with E-state index in [0.29, 0.717) is 41.1 Å². The van der Waals surface area contributed by atoms with Gasteiger partial charge in [-0.2, -0.15) is 0 Å². The van der Waals surface area contributed by atoms with Gasteiger partial charge in [-0.25, -0.2) is 14.6 Å². The molecule has 2 aromatic heterocycles. The molecule has 2 unspecified atom stereocenters. The largest absolute Gasteiger partial charge is 0.459 e. The number of aromatic nitrogens is 3. The van der Waals surface area contributed by atoms with Crippen LogP contribution in [0.25, 0.3) is 10.5 Å². The van der Waals surface area contributed by atoms with Gasteiger partial charge in [0.05, 0.1) is 6.57 Å². The second-order valence-corrected chi connectivity index (χ2v) is 8.46. The minimum atomic E-state index is -0.418. The zero-order chi connectivity index (χ0) is 19.9. The number of H-pyrrole nitrogens is 1. The predicted molar refractivity (Wildman–Crippen MR) is 105 cm³/mol. The SMILES string of the molecule is [C-]#[N+]c1c(C(=O)OC2C(C)CC(C)CC2C)c2nc(C(C)C)[nH]n2c1CC. The van der Waals surface area contributed by atoms with Gasteiger partial charge >= 0.3 is 5.97 Å². The molecule has 146 valence electrons. The first-order valence-electron chi connectivity index (χ1n) is 9.99. The molecule has 0 aliphatic heterocycles. The lowest BCUT2D eigenvalue weighted by atomic mass is 9.75. The summed E-state index contributed by atoms with van der Waals surface area (Å²) in [6, 6.07) is 0. The van der Waals surface area contributed by atoms with E-state index in [1.807, 2.05) is 20.8 Å². The number of fused-ring (bicyclic) bond motifs is 1. The number of nitrogens with zero attached hydrogens (tertiary/aromatic N) is 3. The molecule has 1 fully saturated rings. The first kappa shape index (κ1) is 19.5. The Morgan fingerprint density at radius 1 is 1.33 bits per heavy atom. The molecule has 1 aliphatic rings. The Kier molecular flexibility index (Phi) is 5.32. The maximum atomic E-state index is 13.2. The number of aryl methyl sites for hydroxylation is 1. The van der Waals surface area contributed by atoms with E-state index in [1.165, 1.54) is 0 Å². The predicted octanol–water partition coefficient (Wildman–Crippen LogP) is 5.13. The maximum absolute atomic E-state index is 13.2. The molecule has 3 rings (SSSR count). The fraction of sp³-hybridized carbons (Fsp3) is 0.667. The van der Waals surface area contributed by atoms with Gasteiger partial charge in [0.25, 0.3) is 0 Å². The van der Waals surface area contributed by atoms with Gasteiger partial charge in [-0.3, -0.25) is 9.61 Å². The van der Waals surface area contributed by atoms with Gasteiger partial charge in [-0.05, 0) is 37.0 Å². The van der Waals surface area contributed by atoms with Crippen molar-refractivity contribution >= 4 is 17.3 Å². The zero-order valence-electron chi connectivity index (χ0n) is 17.2. The number of esters is 1. The van der Waals surface area contributed by atoms with E-state index < -0.39 is 5.97 Å². The number of carbonyl (C=O) groups excluding carboxylic acids is 1. The molecule has 6 heteroatoms. The van der Waals surface area contributed by atoms with Crippen LogP contribution in [0.5, 0.6) is 0 Å². The highest BCUT2D eigenvalue weighted by Crippen LogP contribution is 2.37. The lowest BCUT2D eigenvalue weighted by Gasteiger charge is -2.37. The van der Waals surface area contributed by atoms with Gasteiger partial charge in [0.1, 0.15) is 17.5 Å². The minimum absolute atomic E-state index is 0.115. The molecule has 2 atom stereocenters. The topological polar surface area (TPSA) is 63.8 Å². The van der Waals surface area contributed by atoms with Crippen LogP contribution in [0.4, 0.5) is 5.69 Å². The zero-order valence-corrected chi connectivity index (χ0v) is 17.2. The van der Waals surface area contributed by atoms with Crippen molar-refractivity contribution in [3.05, 3.63) is 28.5 Å². The minimum Gasteiger partial charge on any atom is -0.459 e. The summed E-state index contributed by atoms with van der Waals surface area (Å²) in [6.45, 7) is 20.2. The number of hydrogen-bond donors (Lipinski definition) is 1. The van der Waals surface area contributed by atoms with Crippen molar-refractivity contribution in [3.8, 4) is 0 Å². The van der Waals surface area contributed by atoms with Gasteiger partial charge in [0.15, 0.2) is 5.65 Å². The van der Waals surface area contributed by atoms with Gasteiger partial charge in [0, 0.05) is 11.6 Å². The van der Waals surface area contributed by atoms with Crippen molar-refractivity contribution < 1.29 is 9.53 Å². The number of rotatable bonds is 4. The van der Waals surface area contributed by atoms with Crippen LogP contribution in [-0.2, 0) is 11.2 Å². The highest BCUT2D eigenvalue weighted by Gasteiger charge is 2.36. The molecule has 0 bridgehead atoms. The molecule has 0 spiro atoms. The average Bonchev–Trinajstić information content (AvgIpc) is 3.13. The van der Waals surface area contributed by atoms with E-state index in [0.717, 1.165) is 24.4 Å². The lowest BCUT2D eigenvalue weighted by molar-refractivity contribution is -0.0249. The standard InChI is InChI=1S/C21H30N4O2/c1-8-15-17(22-7)16(20-23-19(11(2)3)24-25(15)20)21(26)27-18-13(5)9-12(4)10-14(18)6/h11-14,18H,8-10H2,1-6H3,(H,23,24). The van der Waals surface area contributed by atoms with Crippen LogP contribution in [0.15, 0.2) is 0 Å². The second kappa shape index (κ2) is 7.38. The monoisotopic (exact) mass is 370 g/mol. The van der Waals surface area contributed by atoms with Crippen molar-refractivity contribution in [2.24, 2.45) is 17.8 Å². The van der Waals surface area contributed by atoms with Crippen LogP contribution in [0.3, 0.4) is 0 Å². The van der Waals surface area contributed by atoms with Crippen molar-refractivity contribution in [1.82, 2.24) is 14.6 Å². The quantitative estimate of drug-likeness (QED) is 0.600. The maximum Gasteiger partial charge on any atom is 0.331 e. The van der Waals surface area contributed by atoms with Crippen molar-refractivity contribution in [2.75, 3.05) is 0 Å². The molecule has 0 amide bonds. The Morgan fingerprint density at radius 2 is 1.96 bits per heavy atom. The van der Waals surface area contributed by atoms with Crippen molar-refractivity contribution in [2.45, 2.75) is 72.8 Å². The summed E-state index contributed by atoms with van der Waals surface area (Å²) in [5.74, 6) is 1.87. The van der Waals surface area contributed by atoms with Crippen LogP contribution < -0.4 is 0 Å². The van der Waals surface area contributed by atoms with E-state index in [-0.39, 0.29) is 12.0 Å². The summed E-state index contributed by atoms with van der Waals surface area (Å²) in [5, 5.41) is 3.25. The Labute approximate surface area is 161 Å². The molecule has 6 nitrogen and oxygen atoms in total. The van der Waals surface area contributed by atoms with E-state index in [2.05, 4.69) is 35.7 Å². The van der Waals surface area contributed by atoms with Crippen LogP contribution in [-0.4, -0.2) is 26.7 Å². The molecule has 1 N–H and O–H groups in total. The number of aromatic amines is 1. The van der Waals surface area contributed by atoms with E-state index in [1.54, 1.807) is 4.52 Å². The number of hydrogen-bond acceptors (Lipinski definition) is 3. The Morgan fingerprint density at radius 3 is 2.48 bits per heavy atom. The summed E-state index contributed by atoms with van der Waals surface area (Å²) < 4.78 is 7.77. The van der Waals surface area contributed by atoms with E-state index in [4.69, 9.17) is 11.3 Å². The molecule has 2 heterocycles. The molecule has 1 saturated carbocycles. The molecule has 0 radical (unpaired) electrons. The second-order valence-electron chi connectivity index (χ2n) is 8.46. The van der Waals surface area contributed by atoms with Crippen LogP contribution in [0.1, 0.15) is 82.2 Å². The lowest BCUT2D eigenvalue weighted by Crippen LogP contribution is -2.37. The third-order valence-electron chi connectivity index (χ3n) is 5.78. The van der Waals surface area contributed by atoms with Crippen LogP contribution >= 0.6 is 0 Å². The van der Waals surface area contributed by atoms with Gasteiger partial charge in [-0.15, -0.1) is 0 Å². The fourth-order valence-corrected chi connectivity index (χ4v) is 4.58. The van der Waals surface area contributed by atoms with E-state index in [9.17, 15) is 4.79 Å². The third kappa shape index (κ3) is 3.36. The average molecular weight is 370 g/mol. The molecule has 0 saturated heterocycles. The Hall–Kier alpha value is -2.29. The first-order valence-corrected chi connectivity index (χ1v) is 9.99. The van der Waals surface area contributed by atoms with Crippen molar-refractivity contribution in [3.63, 3.8) is 0 Å². The Bertz CT molecular complexity index is 874. The third-order valence-corrected chi connectivity index (χ3v) is 5.78. The van der Waals surface area contributed by atoms with Crippen molar-refractivity contribution in [1.29, 1.82) is 0 Å². The highest BCUT2D eigenvalue weighted by atomic mass is 16.5. The molecule has 2 aromatic rings. The molecular formula is C21H30N4O2. The smallest absolute Gasteiger partial charge is 0.331 e. The summed E-state index contributed by atoms with van der Waals surface area (Å²) in [7, 11) is 0. The van der Waals surface area contributed by atoms with Crippen LogP contribution in [0, 0.1) is 24.3 Å². The first-order chi connectivity index (χ1) is 12.8. The van der Waals surface area contributed by atoms with Gasteiger partial charge in [0.2, 0.25) is 5.69 Å². The number of nitrogens with one attached hydrogen (secondary N) is 1.